The monoisotopic (exact) mass is 492 g/mol. The molecule has 1 amide bonds. The highest BCUT2D eigenvalue weighted by molar-refractivity contribution is 5.87. The molecule has 6 nitrogen and oxygen atoms in total. The normalized spacial score (nSPS) is 37.6. The van der Waals surface area contributed by atoms with E-state index in [0.717, 1.165) is 37.4 Å². The van der Waals surface area contributed by atoms with Crippen molar-refractivity contribution in [1.29, 1.82) is 0 Å². The molecule has 2 bridgehead atoms. The minimum Gasteiger partial charge on any atom is -0.504 e. The molecule has 4 fully saturated rings. The number of aromatic hydroxyl groups is 1. The number of carbonyl (C=O) groups is 1. The number of allylic oxidation sites excluding steroid dienone is 1. The lowest BCUT2D eigenvalue weighted by Gasteiger charge is -2.64. The lowest BCUT2D eigenvalue weighted by Crippen LogP contribution is -2.78. The molecular weight excluding hydrogens is 452 g/mol. The summed E-state index contributed by atoms with van der Waals surface area (Å²) >= 11 is 0. The van der Waals surface area contributed by atoms with E-state index in [9.17, 15) is 15.0 Å². The number of likely N-dealkylation sites (tertiary alicyclic amines) is 1. The summed E-state index contributed by atoms with van der Waals surface area (Å²) in [5.41, 5.74) is 0.743. The number of carbonyl (C=O) groups excluding carboxylic acids is 1. The molecule has 1 saturated heterocycles. The average Bonchev–Trinajstić information content (AvgIpc) is 3.63. The molecule has 0 radical (unpaired) electrons. The second kappa shape index (κ2) is 8.22. The fourth-order valence-corrected chi connectivity index (χ4v) is 8.68. The van der Waals surface area contributed by atoms with Gasteiger partial charge >= 0.3 is 0 Å². The quantitative estimate of drug-likeness (QED) is 0.610. The molecule has 6 aliphatic rings. The standard InChI is InChI=1S/C30H40N2O4/c1-31(25(34)12-9-19-5-3-2-4-6-19)22-13-14-30(35)24-17-21-10-11-23(33)27-26(21)29(30,28(22)36-27)15-16-32(24)18-20-7-8-20/h9-12,19-20,22,24,28,33,35H,2-8,13-18H2,1H3/b12-9+/t22-,24-,28-,29-,30+/m0/s1. The van der Waals surface area contributed by atoms with E-state index >= 15 is 0 Å². The molecule has 7 rings (SSSR count). The highest BCUT2D eigenvalue weighted by Crippen LogP contribution is 2.66. The molecular formula is C30H40N2O4. The fourth-order valence-electron chi connectivity index (χ4n) is 8.68. The Morgan fingerprint density at radius 3 is 2.75 bits per heavy atom. The third-order valence-corrected chi connectivity index (χ3v) is 10.7. The Morgan fingerprint density at radius 1 is 1.17 bits per heavy atom. The summed E-state index contributed by atoms with van der Waals surface area (Å²) in [6.45, 7) is 2.01. The molecule has 0 aromatic heterocycles. The Morgan fingerprint density at radius 2 is 1.97 bits per heavy atom. The molecule has 2 heterocycles. The van der Waals surface area contributed by atoms with Crippen LogP contribution in [0.3, 0.4) is 0 Å². The Balaban J connectivity index is 1.23. The smallest absolute Gasteiger partial charge is 0.246 e. The van der Waals surface area contributed by atoms with E-state index < -0.39 is 11.0 Å². The minimum absolute atomic E-state index is 0.0231. The second-order valence-corrected chi connectivity index (χ2v) is 12.6. The molecule has 2 aliphatic heterocycles. The number of benzene rings is 1. The van der Waals surface area contributed by atoms with Crippen molar-refractivity contribution in [1.82, 2.24) is 9.80 Å². The SMILES string of the molecule is CN(C(=O)/C=C/C1CCCCC1)[C@H]1CC[C@@]2(O)[C@@H]3Cc4ccc(O)c5c4[C@@]2(CCN3CC2CC2)[C@H]1O5. The first-order chi connectivity index (χ1) is 17.4. The van der Waals surface area contributed by atoms with E-state index in [2.05, 4.69) is 11.0 Å². The van der Waals surface area contributed by atoms with Crippen LogP contribution in [0.15, 0.2) is 24.3 Å². The van der Waals surface area contributed by atoms with Crippen molar-refractivity contribution in [2.24, 2.45) is 11.8 Å². The Kier molecular flexibility index (Phi) is 5.28. The van der Waals surface area contributed by atoms with Crippen molar-refractivity contribution in [3.05, 3.63) is 35.4 Å². The first kappa shape index (κ1) is 23.1. The third-order valence-electron chi connectivity index (χ3n) is 10.7. The second-order valence-electron chi connectivity index (χ2n) is 12.6. The maximum Gasteiger partial charge on any atom is 0.246 e. The summed E-state index contributed by atoms with van der Waals surface area (Å²) in [7, 11) is 1.90. The number of amides is 1. The molecule has 2 N–H and O–H groups in total. The largest absolute Gasteiger partial charge is 0.504 e. The molecule has 194 valence electrons. The van der Waals surface area contributed by atoms with Gasteiger partial charge in [-0.2, -0.15) is 0 Å². The van der Waals surface area contributed by atoms with Crippen LogP contribution in [-0.2, 0) is 16.6 Å². The number of phenolic OH excluding ortho intramolecular Hbond substituents is 1. The van der Waals surface area contributed by atoms with Gasteiger partial charge in [-0.3, -0.25) is 9.69 Å². The van der Waals surface area contributed by atoms with Gasteiger partial charge in [0.1, 0.15) is 6.10 Å². The molecule has 6 heteroatoms. The van der Waals surface area contributed by atoms with Crippen LogP contribution in [-0.4, -0.2) is 69.8 Å². The first-order valence-electron chi connectivity index (χ1n) is 14.4. The highest BCUT2D eigenvalue weighted by atomic mass is 16.5. The van der Waals surface area contributed by atoms with Crippen LogP contribution in [0.25, 0.3) is 0 Å². The number of rotatable bonds is 5. The van der Waals surface area contributed by atoms with Crippen LogP contribution in [0.5, 0.6) is 11.5 Å². The van der Waals surface area contributed by atoms with Crippen LogP contribution >= 0.6 is 0 Å². The lowest BCUT2D eigenvalue weighted by atomic mass is 9.48. The summed E-state index contributed by atoms with van der Waals surface area (Å²) < 4.78 is 6.64. The van der Waals surface area contributed by atoms with Gasteiger partial charge in [0.05, 0.1) is 17.1 Å². The van der Waals surface area contributed by atoms with Gasteiger partial charge < -0.3 is 19.8 Å². The minimum atomic E-state index is -0.908. The summed E-state index contributed by atoms with van der Waals surface area (Å²) in [5.74, 6) is 2.01. The molecule has 5 atom stereocenters. The average molecular weight is 493 g/mol. The number of likely N-dealkylation sites (N-methyl/N-ethyl adjacent to an activating group) is 1. The number of hydrogen-bond donors (Lipinski definition) is 2. The predicted octanol–water partition coefficient (Wildman–Crippen LogP) is 3.92. The number of hydrogen-bond acceptors (Lipinski definition) is 5. The number of ether oxygens (including phenoxy) is 1. The van der Waals surface area contributed by atoms with Gasteiger partial charge in [0, 0.05) is 25.2 Å². The Labute approximate surface area is 214 Å². The van der Waals surface area contributed by atoms with Gasteiger partial charge in [-0.05, 0) is 87.5 Å². The van der Waals surface area contributed by atoms with Gasteiger partial charge in [0.15, 0.2) is 11.5 Å². The number of piperidine rings is 1. The number of phenols is 1. The Bertz CT molecular complexity index is 1090. The van der Waals surface area contributed by atoms with E-state index in [0.29, 0.717) is 24.5 Å². The summed E-state index contributed by atoms with van der Waals surface area (Å²) in [4.78, 5) is 17.8. The van der Waals surface area contributed by atoms with Crippen LogP contribution in [0.1, 0.15) is 75.3 Å². The van der Waals surface area contributed by atoms with Gasteiger partial charge in [0.25, 0.3) is 0 Å². The molecule has 1 aromatic carbocycles. The molecule has 36 heavy (non-hydrogen) atoms. The molecule has 4 aliphatic carbocycles. The molecule has 1 spiro atoms. The first-order valence-corrected chi connectivity index (χ1v) is 14.4. The zero-order chi connectivity index (χ0) is 24.7. The topological polar surface area (TPSA) is 73.2 Å². The van der Waals surface area contributed by atoms with E-state index in [-0.39, 0.29) is 29.8 Å². The lowest BCUT2D eigenvalue weighted by molar-refractivity contribution is -0.200. The molecule has 0 unspecified atom stereocenters. The fraction of sp³-hybridized carbons (Fsp3) is 0.700. The van der Waals surface area contributed by atoms with Crippen LogP contribution in [0.4, 0.5) is 0 Å². The maximum atomic E-state index is 13.4. The van der Waals surface area contributed by atoms with E-state index in [1.807, 2.05) is 18.0 Å². The molecule has 1 aromatic rings. The van der Waals surface area contributed by atoms with E-state index in [1.54, 1.807) is 12.1 Å². The van der Waals surface area contributed by atoms with Crippen LogP contribution in [0, 0.1) is 11.8 Å². The zero-order valence-corrected chi connectivity index (χ0v) is 21.5. The third kappa shape index (κ3) is 3.19. The highest BCUT2D eigenvalue weighted by Gasteiger charge is 2.73. The number of nitrogens with zero attached hydrogens (tertiary/aromatic N) is 2. The van der Waals surface area contributed by atoms with Gasteiger partial charge in [-0.25, -0.2) is 0 Å². The van der Waals surface area contributed by atoms with Crippen LogP contribution in [0.2, 0.25) is 0 Å². The van der Waals surface area contributed by atoms with Gasteiger partial charge in [0.2, 0.25) is 5.91 Å². The summed E-state index contributed by atoms with van der Waals surface area (Å²) in [5, 5.41) is 23.4. The van der Waals surface area contributed by atoms with Gasteiger partial charge in [-0.1, -0.05) is 31.4 Å². The van der Waals surface area contributed by atoms with Crippen molar-refractivity contribution < 1.29 is 19.7 Å². The van der Waals surface area contributed by atoms with E-state index in [1.165, 1.54) is 50.5 Å². The predicted molar refractivity (Wildman–Crippen MR) is 137 cm³/mol. The maximum absolute atomic E-state index is 13.4. The van der Waals surface area contributed by atoms with Crippen molar-refractivity contribution in [3.63, 3.8) is 0 Å². The molecule has 3 saturated carbocycles. The van der Waals surface area contributed by atoms with Gasteiger partial charge in [-0.15, -0.1) is 0 Å². The van der Waals surface area contributed by atoms with Crippen LogP contribution < -0.4 is 4.74 Å². The van der Waals surface area contributed by atoms with E-state index in [4.69, 9.17) is 4.74 Å². The number of aliphatic hydroxyl groups is 1. The zero-order valence-electron chi connectivity index (χ0n) is 21.5. The van der Waals surface area contributed by atoms with Crippen molar-refractivity contribution in [2.75, 3.05) is 20.1 Å². The van der Waals surface area contributed by atoms with Crippen molar-refractivity contribution >= 4 is 5.91 Å². The summed E-state index contributed by atoms with van der Waals surface area (Å²) in [6.07, 6.45) is 15.3. The van der Waals surface area contributed by atoms with Crippen molar-refractivity contribution in [3.8, 4) is 11.5 Å². The summed E-state index contributed by atoms with van der Waals surface area (Å²) in [6, 6.07) is 3.72. The van der Waals surface area contributed by atoms with Crippen molar-refractivity contribution in [2.45, 2.75) is 99.8 Å². The Hall–Kier alpha value is -2.05.